The summed E-state index contributed by atoms with van der Waals surface area (Å²) in [5.41, 5.74) is 6.19. The maximum absolute atomic E-state index is 5.80. The summed E-state index contributed by atoms with van der Waals surface area (Å²) in [6.45, 7) is 9.78. The van der Waals surface area contributed by atoms with Crippen molar-refractivity contribution in [1.29, 1.82) is 0 Å². The first-order valence-corrected chi connectivity index (χ1v) is 5.39. The van der Waals surface area contributed by atoms with Crippen molar-refractivity contribution in [3.63, 3.8) is 0 Å². The van der Waals surface area contributed by atoms with Crippen LogP contribution in [0.5, 0.6) is 0 Å². The van der Waals surface area contributed by atoms with Crippen LogP contribution in [0.25, 0.3) is 0 Å². The minimum atomic E-state index is 0.392. The topological polar surface area (TPSA) is 26.0 Å². The third-order valence-electron chi connectivity index (χ3n) is 2.94. The monoisotopic (exact) mass is 183 g/mol. The molecule has 78 valence electrons. The van der Waals surface area contributed by atoms with Crippen molar-refractivity contribution in [3.05, 3.63) is 12.2 Å². The van der Waals surface area contributed by atoms with Crippen LogP contribution in [0.15, 0.2) is 12.2 Å². The molecule has 0 aliphatic heterocycles. The van der Waals surface area contributed by atoms with Gasteiger partial charge in [0.05, 0.1) is 0 Å². The van der Waals surface area contributed by atoms with E-state index in [0.29, 0.717) is 11.3 Å². The van der Waals surface area contributed by atoms with Gasteiger partial charge in [-0.05, 0) is 37.6 Å². The molecule has 0 rings (SSSR count). The van der Waals surface area contributed by atoms with Gasteiger partial charge in [0.2, 0.25) is 0 Å². The van der Waals surface area contributed by atoms with Crippen LogP contribution in [-0.2, 0) is 0 Å². The Balaban J connectivity index is 4.18. The molecule has 0 amide bonds. The molecular weight excluding hydrogens is 158 g/mol. The maximum Gasteiger partial charge on any atom is -0.00408 e. The molecular formula is C12H25N. The molecule has 13 heavy (non-hydrogen) atoms. The highest BCUT2D eigenvalue weighted by molar-refractivity contribution is 4.87. The van der Waals surface area contributed by atoms with Crippen molar-refractivity contribution in [1.82, 2.24) is 0 Å². The second-order valence-electron chi connectivity index (χ2n) is 4.48. The predicted molar refractivity (Wildman–Crippen MR) is 60.7 cm³/mol. The molecule has 0 aromatic carbocycles. The zero-order chi connectivity index (χ0) is 10.3. The summed E-state index contributed by atoms with van der Waals surface area (Å²) in [4.78, 5) is 0. The second kappa shape index (κ2) is 6.20. The molecule has 0 fully saturated rings. The first-order chi connectivity index (χ1) is 6.08. The van der Waals surface area contributed by atoms with E-state index in [2.05, 4.69) is 39.8 Å². The lowest BCUT2D eigenvalue weighted by atomic mass is 9.74. The van der Waals surface area contributed by atoms with Crippen molar-refractivity contribution in [2.75, 3.05) is 6.54 Å². The summed E-state index contributed by atoms with van der Waals surface area (Å²) in [6.07, 6.45) is 7.99. The standard InChI is InChI=1S/C12H25N/c1-5-7-8-11(10-13)12(3,4)9-6-2/h5,7,11H,6,8-10,13H2,1-4H3. The molecule has 0 radical (unpaired) electrons. The molecule has 0 aliphatic rings. The molecule has 1 atom stereocenters. The first kappa shape index (κ1) is 12.7. The summed E-state index contributed by atoms with van der Waals surface area (Å²) in [5, 5.41) is 0. The van der Waals surface area contributed by atoms with Gasteiger partial charge in [-0.2, -0.15) is 0 Å². The molecule has 0 aromatic heterocycles. The van der Waals surface area contributed by atoms with Gasteiger partial charge in [-0.25, -0.2) is 0 Å². The van der Waals surface area contributed by atoms with Gasteiger partial charge in [0.1, 0.15) is 0 Å². The SMILES string of the molecule is CC=CCC(CN)C(C)(C)CCC. The Morgan fingerprint density at radius 2 is 2.00 bits per heavy atom. The summed E-state index contributed by atoms with van der Waals surface area (Å²) in [5.74, 6) is 0.628. The Kier molecular flexibility index (Phi) is 6.06. The van der Waals surface area contributed by atoms with Crippen LogP contribution in [0, 0.1) is 11.3 Å². The van der Waals surface area contributed by atoms with E-state index < -0.39 is 0 Å². The van der Waals surface area contributed by atoms with Crippen molar-refractivity contribution in [2.24, 2.45) is 17.1 Å². The van der Waals surface area contributed by atoms with E-state index in [4.69, 9.17) is 5.73 Å². The van der Waals surface area contributed by atoms with Gasteiger partial charge < -0.3 is 5.73 Å². The lowest BCUT2D eigenvalue weighted by Gasteiger charge is -2.33. The fourth-order valence-electron chi connectivity index (χ4n) is 1.88. The maximum atomic E-state index is 5.80. The summed E-state index contributed by atoms with van der Waals surface area (Å²) < 4.78 is 0. The van der Waals surface area contributed by atoms with E-state index in [0.717, 1.165) is 13.0 Å². The first-order valence-electron chi connectivity index (χ1n) is 5.39. The fourth-order valence-corrected chi connectivity index (χ4v) is 1.88. The lowest BCUT2D eigenvalue weighted by Crippen LogP contribution is -2.30. The second-order valence-corrected chi connectivity index (χ2v) is 4.48. The van der Waals surface area contributed by atoms with E-state index in [1.807, 2.05) is 0 Å². The lowest BCUT2D eigenvalue weighted by molar-refractivity contribution is 0.200. The third-order valence-corrected chi connectivity index (χ3v) is 2.94. The van der Waals surface area contributed by atoms with Crippen LogP contribution < -0.4 is 5.73 Å². The zero-order valence-corrected chi connectivity index (χ0v) is 9.64. The Bertz CT molecular complexity index is 147. The summed E-state index contributed by atoms with van der Waals surface area (Å²) in [7, 11) is 0. The smallest absolute Gasteiger partial charge is 0.00408 e. The van der Waals surface area contributed by atoms with E-state index in [-0.39, 0.29) is 0 Å². The fraction of sp³-hybridized carbons (Fsp3) is 0.833. The Hall–Kier alpha value is -0.300. The molecule has 1 nitrogen and oxygen atoms in total. The van der Waals surface area contributed by atoms with E-state index >= 15 is 0 Å². The third kappa shape index (κ3) is 4.47. The molecule has 0 spiro atoms. The van der Waals surface area contributed by atoms with Crippen molar-refractivity contribution in [3.8, 4) is 0 Å². The van der Waals surface area contributed by atoms with E-state index in [1.165, 1.54) is 12.8 Å². The minimum absolute atomic E-state index is 0.392. The molecule has 1 unspecified atom stereocenters. The Morgan fingerprint density at radius 3 is 2.38 bits per heavy atom. The Morgan fingerprint density at radius 1 is 1.38 bits per heavy atom. The largest absolute Gasteiger partial charge is 0.330 e. The molecule has 2 N–H and O–H groups in total. The van der Waals surface area contributed by atoms with Crippen molar-refractivity contribution >= 4 is 0 Å². The van der Waals surface area contributed by atoms with Gasteiger partial charge in [0.15, 0.2) is 0 Å². The number of nitrogens with two attached hydrogens (primary N) is 1. The number of allylic oxidation sites excluding steroid dienone is 2. The molecule has 0 aromatic rings. The average molecular weight is 183 g/mol. The molecule has 0 aliphatic carbocycles. The average Bonchev–Trinajstić information content (AvgIpc) is 2.05. The van der Waals surface area contributed by atoms with Crippen LogP contribution in [0.1, 0.15) is 47.0 Å². The van der Waals surface area contributed by atoms with Crippen LogP contribution in [-0.4, -0.2) is 6.54 Å². The van der Waals surface area contributed by atoms with Gasteiger partial charge in [0.25, 0.3) is 0 Å². The highest BCUT2D eigenvalue weighted by Crippen LogP contribution is 2.33. The molecule has 0 saturated heterocycles. The molecule has 0 heterocycles. The van der Waals surface area contributed by atoms with E-state index in [1.54, 1.807) is 0 Å². The van der Waals surface area contributed by atoms with E-state index in [9.17, 15) is 0 Å². The van der Waals surface area contributed by atoms with Crippen molar-refractivity contribution < 1.29 is 0 Å². The van der Waals surface area contributed by atoms with Crippen LogP contribution in [0.2, 0.25) is 0 Å². The van der Waals surface area contributed by atoms with Gasteiger partial charge in [-0.3, -0.25) is 0 Å². The van der Waals surface area contributed by atoms with Crippen LogP contribution >= 0.6 is 0 Å². The summed E-state index contributed by atoms with van der Waals surface area (Å²) in [6, 6.07) is 0. The minimum Gasteiger partial charge on any atom is -0.330 e. The Labute approximate surface area is 83.4 Å². The van der Waals surface area contributed by atoms with Gasteiger partial charge in [-0.15, -0.1) is 0 Å². The molecule has 0 bridgehead atoms. The van der Waals surface area contributed by atoms with Crippen LogP contribution in [0.4, 0.5) is 0 Å². The normalized spacial score (nSPS) is 15.2. The molecule has 0 saturated carbocycles. The molecule has 1 heteroatoms. The quantitative estimate of drug-likeness (QED) is 0.628. The van der Waals surface area contributed by atoms with Gasteiger partial charge >= 0.3 is 0 Å². The number of hydrogen-bond acceptors (Lipinski definition) is 1. The summed E-state index contributed by atoms with van der Waals surface area (Å²) >= 11 is 0. The van der Waals surface area contributed by atoms with Crippen LogP contribution in [0.3, 0.4) is 0 Å². The van der Waals surface area contributed by atoms with Gasteiger partial charge in [-0.1, -0.05) is 39.3 Å². The zero-order valence-electron chi connectivity index (χ0n) is 9.64. The van der Waals surface area contributed by atoms with Gasteiger partial charge in [0, 0.05) is 0 Å². The predicted octanol–water partition coefficient (Wildman–Crippen LogP) is 3.35. The number of hydrogen-bond donors (Lipinski definition) is 1. The highest BCUT2D eigenvalue weighted by Gasteiger charge is 2.26. The van der Waals surface area contributed by atoms with Crippen molar-refractivity contribution in [2.45, 2.75) is 47.0 Å². The highest BCUT2D eigenvalue weighted by atomic mass is 14.6. The number of rotatable bonds is 6.